The number of rotatable bonds is 4. The summed E-state index contributed by atoms with van der Waals surface area (Å²) >= 11 is 0. The van der Waals surface area contributed by atoms with Crippen LogP contribution in [0, 0.1) is 0 Å². The molecule has 1 amide bonds. The normalized spacial score (nSPS) is 15.0. The first-order valence-electron chi connectivity index (χ1n) is 5.94. The number of anilines is 2. The molecule has 1 heterocycles. The molecule has 0 aliphatic carbocycles. The fourth-order valence-electron chi connectivity index (χ4n) is 2.13. The highest BCUT2D eigenvalue weighted by Gasteiger charge is 2.16. The van der Waals surface area contributed by atoms with Gasteiger partial charge in [-0.1, -0.05) is 12.1 Å². The summed E-state index contributed by atoms with van der Waals surface area (Å²) < 4.78 is 4.82. The summed E-state index contributed by atoms with van der Waals surface area (Å²) in [5.41, 5.74) is 1.98. The number of methoxy groups -OCH3 is 1. The zero-order valence-corrected chi connectivity index (χ0v) is 10.1. The molecule has 1 aromatic rings. The molecular formula is C13H18N2O2. The van der Waals surface area contributed by atoms with Crippen molar-refractivity contribution in [1.82, 2.24) is 0 Å². The van der Waals surface area contributed by atoms with Gasteiger partial charge in [-0.15, -0.1) is 0 Å². The van der Waals surface area contributed by atoms with E-state index in [0.29, 0.717) is 0 Å². The van der Waals surface area contributed by atoms with E-state index in [2.05, 4.69) is 10.2 Å². The second kappa shape index (κ2) is 5.68. The number of amides is 1. The Hall–Kier alpha value is -1.55. The van der Waals surface area contributed by atoms with Crippen molar-refractivity contribution in [3.63, 3.8) is 0 Å². The Balaban J connectivity index is 2.12. The van der Waals surface area contributed by atoms with Crippen LogP contribution >= 0.6 is 0 Å². The molecule has 0 aromatic heterocycles. The van der Waals surface area contributed by atoms with E-state index in [1.807, 2.05) is 24.3 Å². The van der Waals surface area contributed by atoms with Gasteiger partial charge in [0.15, 0.2) is 0 Å². The van der Waals surface area contributed by atoms with Gasteiger partial charge in [0.25, 0.3) is 0 Å². The highest BCUT2D eigenvalue weighted by Crippen LogP contribution is 2.28. The molecule has 2 rings (SSSR count). The zero-order chi connectivity index (χ0) is 12.1. The van der Waals surface area contributed by atoms with Crippen molar-refractivity contribution in [3.8, 4) is 0 Å². The van der Waals surface area contributed by atoms with Crippen LogP contribution < -0.4 is 10.2 Å². The fraction of sp³-hybridized carbons (Fsp3) is 0.462. The number of hydrogen-bond donors (Lipinski definition) is 1. The molecule has 1 aliphatic rings. The van der Waals surface area contributed by atoms with Gasteiger partial charge in [-0.3, -0.25) is 4.79 Å². The SMILES string of the molecule is COCC(=O)Nc1ccccc1N1CCCC1. The van der Waals surface area contributed by atoms with Gasteiger partial charge in [0.2, 0.25) is 5.91 Å². The maximum absolute atomic E-state index is 11.5. The third-order valence-corrected chi connectivity index (χ3v) is 2.90. The molecule has 92 valence electrons. The molecule has 1 aliphatic heterocycles. The van der Waals surface area contributed by atoms with Crippen molar-refractivity contribution in [2.75, 3.05) is 37.0 Å². The van der Waals surface area contributed by atoms with Crippen molar-refractivity contribution in [2.24, 2.45) is 0 Å². The van der Waals surface area contributed by atoms with Gasteiger partial charge < -0.3 is 15.0 Å². The molecule has 4 nitrogen and oxygen atoms in total. The first-order valence-corrected chi connectivity index (χ1v) is 5.94. The summed E-state index contributed by atoms with van der Waals surface area (Å²) in [5.74, 6) is -0.112. The van der Waals surface area contributed by atoms with Gasteiger partial charge in [0.1, 0.15) is 6.61 Å². The summed E-state index contributed by atoms with van der Waals surface area (Å²) in [5, 5.41) is 2.88. The molecule has 0 atom stereocenters. The Labute approximate surface area is 102 Å². The van der Waals surface area contributed by atoms with E-state index in [9.17, 15) is 4.79 Å². The van der Waals surface area contributed by atoms with Gasteiger partial charge in [0.05, 0.1) is 11.4 Å². The fourth-order valence-corrected chi connectivity index (χ4v) is 2.13. The summed E-state index contributed by atoms with van der Waals surface area (Å²) in [6, 6.07) is 7.91. The van der Waals surface area contributed by atoms with Gasteiger partial charge in [-0.25, -0.2) is 0 Å². The molecule has 1 fully saturated rings. The lowest BCUT2D eigenvalue weighted by Crippen LogP contribution is -2.22. The standard InChI is InChI=1S/C13H18N2O2/c1-17-10-13(16)14-11-6-2-3-7-12(11)15-8-4-5-9-15/h2-3,6-7H,4-5,8-10H2,1H3,(H,14,16). The number of nitrogens with one attached hydrogen (secondary N) is 1. The van der Waals surface area contributed by atoms with Crippen molar-refractivity contribution < 1.29 is 9.53 Å². The molecule has 1 N–H and O–H groups in total. The Morgan fingerprint density at radius 2 is 2.06 bits per heavy atom. The summed E-state index contributed by atoms with van der Waals surface area (Å²) in [6.07, 6.45) is 2.45. The Morgan fingerprint density at radius 3 is 2.76 bits per heavy atom. The molecule has 17 heavy (non-hydrogen) atoms. The van der Waals surface area contributed by atoms with Crippen LogP contribution in [0.1, 0.15) is 12.8 Å². The highest BCUT2D eigenvalue weighted by molar-refractivity contribution is 5.95. The third-order valence-electron chi connectivity index (χ3n) is 2.90. The van der Waals surface area contributed by atoms with Crippen LogP contribution in [0.5, 0.6) is 0 Å². The molecule has 0 unspecified atom stereocenters. The first kappa shape index (κ1) is 11.9. The third kappa shape index (κ3) is 2.97. The predicted octanol–water partition coefficient (Wildman–Crippen LogP) is 1.87. The van der Waals surface area contributed by atoms with Crippen LogP contribution in [0.4, 0.5) is 11.4 Å². The van der Waals surface area contributed by atoms with Crippen LogP contribution in [0.25, 0.3) is 0 Å². The number of carbonyl (C=O) groups is 1. The summed E-state index contributed by atoms with van der Waals surface area (Å²) in [6.45, 7) is 2.22. The van der Waals surface area contributed by atoms with Gasteiger partial charge in [0, 0.05) is 20.2 Å². The maximum atomic E-state index is 11.5. The molecule has 0 spiro atoms. The number of hydrogen-bond acceptors (Lipinski definition) is 3. The average molecular weight is 234 g/mol. The van der Waals surface area contributed by atoms with E-state index in [-0.39, 0.29) is 12.5 Å². The molecule has 4 heteroatoms. The summed E-state index contributed by atoms with van der Waals surface area (Å²) in [4.78, 5) is 13.8. The van der Waals surface area contributed by atoms with Crippen molar-refractivity contribution in [3.05, 3.63) is 24.3 Å². The number of benzene rings is 1. The summed E-state index contributed by atoms with van der Waals surface area (Å²) in [7, 11) is 1.52. The van der Waals surface area contributed by atoms with Gasteiger partial charge in [-0.05, 0) is 25.0 Å². The Morgan fingerprint density at radius 1 is 1.35 bits per heavy atom. The monoisotopic (exact) mass is 234 g/mol. The molecular weight excluding hydrogens is 216 g/mol. The predicted molar refractivity (Wildman–Crippen MR) is 68.4 cm³/mol. The average Bonchev–Trinajstić information content (AvgIpc) is 2.83. The highest BCUT2D eigenvalue weighted by atomic mass is 16.5. The molecule has 1 aromatic carbocycles. The molecule has 0 saturated carbocycles. The molecule has 0 radical (unpaired) electrons. The minimum Gasteiger partial charge on any atom is -0.375 e. The Bertz CT molecular complexity index is 387. The van der Waals surface area contributed by atoms with Crippen LogP contribution in [-0.2, 0) is 9.53 Å². The van der Waals surface area contributed by atoms with Gasteiger partial charge in [-0.2, -0.15) is 0 Å². The first-order chi connectivity index (χ1) is 8.31. The topological polar surface area (TPSA) is 41.6 Å². The van der Waals surface area contributed by atoms with Crippen LogP contribution in [0.2, 0.25) is 0 Å². The van der Waals surface area contributed by atoms with E-state index >= 15 is 0 Å². The smallest absolute Gasteiger partial charge is 0.250 e. The van der Waals surface area contributed by atoms with Crippen LogP contribution in [0.15, 0.2) is 24.3 Å². The quantitative estimate of drug-likeness (QED) is 0.864. The number of nitrogens with zero attached hydrogens (tertiary/aromatic N) is 1. The van der Waals surface area contributed by atoms with E-state index in [0.717, 1.165) is 24.5 Å². The minimum absolute atomic E-state index is 0.0916. The zero-order valence-electron chi connectivity index (χ0n) is 10.1. The van der Waals surface area contributed by atoms with E-state index in [1.165, 1.54) is 20.0 Å². The second-order valence-electron chi connectivity index (χ2n) is 4.19. The lowest BCUT2D eigenvalue weighted by molar-refractivity contribution is -0.119. The molecule has 0 bridgehead atoms. The number of carbonyl (C=O) groups excluding carboxylic acids is 1. The van der Waals surface area contributed by atoms with Crippen LogP contribution in [-0.4, -0.2) is 32.7 Å². The maximum Gasteiger partial charge on any atom is 0.250 e. The number of ether oxygens (including phenoxy) is 1. The minimum atomic E-state index is -0.112. The van der Waals surface area contributed by atoms with Crippen molar-refractivity contribution in [2.45, 2.75) is 12.8 Å². The second-order valence-corrected chi connectivity index (χ2v) is 4.19. The Kier molecular flexibility index (Phi) is 3.98. The van der Waals surface area contributed by atoms with Crippen molar-refractivity contribution >= 4 is 17.3 Å². The largest absolute Gasteiger partial charge is 0.375 e. The van der Waals surface area contributed by atoms with E-state index in [1.54, 1.807) is 0 Å². The van der Waals surface area contributed by atoms with Gasteiger partial charge >= 0.3 is 0 Å². The lowest BCUT2D eigenvalue weighted by atomic mass is 10.2. The van der Waals surface area contributed by atoms with E-state index < -0.39 is 0 Å². The lowest BCUT2D eigenvalue weighted by Gasteiger charge is -2.21. The number of para-hydroxylation sites is 2. The van der Waals surface area contributed by atoms with E-state index in [4.69, 9.17) is 4.74 Å². The van der Waals surface area contributed by atoms with Crippen LogP contribution in [0.3, 0.4) is 0 Å². The molecule has 1 saturated heterocycles. The van der Waals surface area contributed by atoms with Crippen molar-refractivity contribution in [1.29, 1.82) is 0 Å².